The molecule has 0 aliphatic rings. The fourth-order valence-corrected chi connectivity index (χ4v) is 1.59. The lowest BCUT2D eigenvalue weighted by molar-refractivity contribution is -0.161. The zero-order chi connectivity index (χ0) is 12.0. The number of hydrogen-bond acceptors (Lipinski definition) is 3. The number of carbonyl (C=O) groups is 1. The molecule has 1 N–H and O–H groups in total. The number of ether oxygens (including phenoxy) is 1. The lowest BCUT2D eigenvalue weighted by Gasteiger charge is -2.23. The molecule has 0 spiro atoms. The Hall–Kier alpha value is -1.61. The highest BCUT2D eigenvalue weighted by Gasteiger charge is 2.35. The van der Waals surface area contributed by atoms with Crippen molar-refractivity contribution in [2.45, 2.75) is 18.4 Å². The third kappa shape index (κ3) is 2.94. The van der Waals surface area contributed by atoms with Gasteiger partial charge in [0.1, 0.15) is 0 Å². The highest BCUT2D eigenvalue weighted by Crippen LogP contribution is 2.19. The van der Waals surface area contributed by atoms with Crippen LogP contribution in [0.5, 0.6) is 0 Å². The topological polar surface area (TPSA) is 46.5 Å². The van der Waals surface area contributed by atoms with Crippen molar-refractivity contribution in [3.8, 4) is 0 Å². The summed E-state index contributed by atoms with van der Waals surface area (Å²) < 4.78 is 4.60. The van der Waals surface area contributed by atoms with Crippen molar-refractivity contribution in [2.24, 2.45) is 0 Å². The summed E-state index contributed by atoms with van der Waals surface area (Å²) in [5.41, 5.74) is -0.630. The molecule has 3 heteroatoms. The number of esters is 1. The summed E-state index contributed by atoms with van der Waals surface area (Å²) in [6.45, 7) is 3.54. The number of aliphatic hydroxyl groups is 1. The van der Waals surface area contributed by atoms with Crippen LogP contribution in [0.3, 0.4) is 0 Å². The molecular formula is C13H16O3. The van der Waals surface area contributed by atoms with Crippen molar-refractivity contribution < 1.29 is 14.6 Å². The number of hydrogen-bond donors (Lipinski definition) is 1. The van der Waals surface area contributed by atoms with Crippen molar-refractivity contribution >= 4 is 5.97 Å². The first-order valence-corrected chi connectivity index (χ1v) is 5.08. The fourth-order valence-electron chi connectivity index (χ4n) is 1.59. The SMILES string of the molecule is C=CC[C@@](O)(Cc1ccccc1)C(=O)OC. The Kier molecular flexibility index (Phi) is 4.26. The van der Waals surface area contributed by atoms with Gasteiger partial charge in [0.15, 0.2) is 5.60 Å². The molecule has 1 aromatic carbocycles. The molecule has 1 atom stereocenters. The van der Waals surface area contributed by atoms with Crippen LogP contribution in [0.2, 0.25) is 0 Å². The van der Waals surface area contributed by atoms with Gasteiger partial charge in [-0.15, -0.1) is 6.58 Å². The van der Waals surface area contributed by atoms with Crippen molar-refractivity contribution in [1.82, 2.24) is 0 Å². The van der Waals surface area contributed by atoms with E-state index in [0.717, 1.165) is 5.56 Å². The van der Waals surface area contributed by atoms with Gasteiger partial charge in [0.05, 0.1) is 7.11 Å². The van der Waals surface area contributed by atoms with Gasteiger partial charge < -0.3 is 9.84 Å². The van der Waals surface area contributed by atoms with Gasteiger partial charge in [-0.1, -0.05) is 36.4 Å². The molecule has 0 amide bonds. The fraction of sp³-hybridized carbons (Fsp3) is 0.308. The highest BCUT2D eigenvalue weighted by atomic mass is 16.5. The number of methoxy groups -OCH3 is 1. The third-order valence-electron chi connectivity index (χ3n) is 2.39. The van der Waals surface area contributed by atoms with E-state index < -0.39 is 11.6 Å². The Labute approximate surface area is 95.4 Å². The molecule has 0 aliphatic carbocycles. The largest absolute Gasteiger partial charge is 0.467 e. The van der Waals surface area contributed by atoms with Gasteiger partial charge in [0, 0.05) is 12.8 Å². The molecule has 1 aromatic rings. The third-order valence-corrected chi connectivity index (χ3v) is 2.39. The van der Waals surface area contributed by atoms with Gasteiger partial charge >= 0.3 is 5.97 Å². The highest BCUT2D eigenvalue weighted by molar-refractivity contribution is 5.79. The summed E-state index contributed by atoms with van der Waals surface area (Å²) in [6.07, 6.45) is 1.92. The van der Waals surface area contributed by atoms with Crippen molar-refractivity contribution in [3.63, 3.8) is 0 Å². The van der Waals surface area contributed by atoms with E-state index >= 15 is 0 Å². The van der Waals surface area contributed by atoms with Gasteiger partial charge in [-0.3, -0.25) is 0 Å². The number of benzene rings is 1. The minimum atomic E-state index is -1.52. The Balaban J connectivity index is 2.87. The van der Waals surface area contributed by atoms with Gasteiger partial charge in [0.25, 0.3) is 0 Å². The molecule has 0 bridgehead atoms. The molecule has 0 saturated carbocycles. The van der Waals surface area contributed by atoms with E-state index in [1.54, 1.807) is 0 Å². The van der Waals surface area contributed by atoms with E-state index in [1.807, 2.05) is 30.3 Å². The Bertz CT molecular complexity index is 359. The molecular weight excluding hydrogens is 204 g/mol. The first kappa shape index (κ1) is 12.5. The molecule has 0 radical (unpaired) electrons. The average molecular weight is 220 g/mol. The zero-order valence-corrected chi connectivity index (χ0v) is 9.35. The van der Waals surface area contributed by atoms with Crippen molar-refractivity contribution in [3.05, 3.63) is 48.6 Å². The Morgan fingerprint density at radius 2 is 2.12 bits per heavy atom. The smallest absolute Gasteiger partial charge is 0.338 e. The van der Waals surface area contributed by atoms with E-state index in [2.05, 4.69) is 11.3 Å². The summed E-state index contributed by atoms with van der Waals surface area (Å²) in [4.78, 5) is 11.5. The second-order valence-corrected chi connectivity index (χ2v) is 3.68. The zero-order valence-electron chi connectivity index (χ0n) is 9.35. The number of carbonyl (C=O) groups excluding carboxylic acids is 1. The standard InChI is InChI=1S/C13H16O3/c1-3-9-13(15,12(14)16-2)10-11-7-5-4-6-8-11/h3-8,15H,1,9-10H2,2H3/t13-/m1/s1. The van der Waals surface area contributed by atoms with E-state index in [0.29, 0.717) is 0 Å². The van der Waals surface area contributed by atoms with Gasteiger partial charge in [-0.05, 0) is 5.56 Å². The molecule has 16 heavy (non-hydrogen) atoms. The van der Waals surface area contributed by atoms with Crippen LogP contribution in [0.1, 0.15) is 12.0 Å². The molecule has 0 heterocycles. The lowest BCUT2D eigenvalue weighted by atomic mass is 9.91. The van der Waals surface area contributed by atoms with Crippen LogP contribution >= 0.6 is 0 Å². The normalized spacial score (nSPS) is 13.9. The predicted octanol–water partition coefficient (Wildman–Crippen LogP) is 1.71. The molecule has 0 fully saturated rings. The molecule has 1 rings (SSSR count). The van der Waals surface area contributed by atoms with E-state index in [4.69, 9.17) is 0 Å². The summed E-state index contributed by atoms with van der Waals surface area (Å²) >= 11 is 0. The molecule has 86 valence electrons. The van der Waals surface area contributed by atoms with Crippen LogP contribution in [0.15, 0.2) is 43.0 Å². The van der Waals surface area contributed by atoms with Crippen LogP contribution in [-0.2, 0) is 16.0 Å². The first-order chi connectivity index (χ1) is 7.62. The maximum Gasteiger partial charge on any atom is 0.338 e. The Morgan fingerprint density at radius 3 is 2.62 bits per heavy atom. The summed E-state index contributed by atoms with van der Waals surface area (Å²) in [6, 6.07) is 9.32. The monoisotopic (exact) mass is 220 g/mol. The van der Waals surface area contributed by atoms with Crippen LogP contribution < -0.4 is 0 Å². The van der Waals surface area contributed by atoms with Gasteiger partial charge in [0.2, 0.25) is 0 Å². The average Bonchev–Trinajstić information content (AvgIpc) is 2.29. The van der Waals surface area contributed by atoms with Crippen LogP contribution in [-0.4, -0.2) is 23.8 Å². The van der Waals surface area contributed by atoms with Gasteiger partial charge in [-0.25, -0.2) is 4.79 Å². The molecule has 0 unspecified atom stereocenters. The maximum absolute atomic E-state index is 11.5. The second-order valence-electron chi connectivity index (χ2n) is 3.68. The molecule has 0 aromatic heterocycles. The molecule has 0 saturated heterocycles. The van der Waals surface area contributed by atoms with E-state index in [9.17, 15) is 9.90 Å². The van der Waals surface area contributed by atoms with Crippen LogP contribution in [0.4, 0.5) is 0 Å². The summed E-state index contributed by atoms with van der Waals surface area (Å²) in [7, 11) is 1.27. The van der Waals surface area contributed by atoms with Crippen molar-refractivity contribution in [2.75, 3.05) is 7.11 Å². The van der Waals surface area contributed by atoms with E-state index in [1.165, 1.54) is 13.2 Å². The minimum Gasteiger partial charge on any atom is -0.467 e. The first-order valence-electron chi connectivity index (χ1n) is 5.08. The van der Waals surface area contributed by atoms with Crippen molar-refractivity contribution in [1.29, 1.82) is 0 Å². The minimum absolute atomic E-state index is 0.175. The number of rotatable bonds is 5. The quantitative estimate of drug-likeness (QED) is 0.607. The Morgan fingerprint density at radius 1 is 1.50 bits per heavy atom. The van der Waals surface area contributed by atoms with E-state index in [-0.39, 0.29) is 12.8 Å². The summed E-state index contributed by atoms with van der Waals surface area (Å²) in [5.74, 6) is -0.628. The van der Waals surface area contributed by atoms with Gasteiger partial charge in [-0.2, -0.15) is 0 Å². The lowest BCUT2D eigenvalue weighted by Crippen LogP contribution is -2.41. The van der Waals surface area contributed by atoms with Crippen LogP contribution in [0, 0.1) is 0 Å². The molecule has 3 nitrogen and oxygen atoms in total. The maximum atomic E-state index is 11.5. The molecule has 0 aliphatic heterocycles. The van der Waals surface area contributed by atoms with Crippen LogP contribution in [0.25, 0.3) is 0 Å². The second kappa shape index (κ2) is 5.47. The predicted molar refractivity (Wildman–Crippen MR) is 61.9 cm³/mol. The summed E-state index contributed by atoms with van der Waals surface area (Å²) in [5, 5.41) is 10.2.